The number of amides is 1. The number of benzene rings is 3. The lowest BCUT2D eigenvalue weighted by Gasteiger charge is -2.10. The molecule has 3 rings (SSSR count). The molecule has 0 saturated heterocycles. The van der Waals surface area contributed by atoms with E-state index in [0.717, 1.165) is 15.2 Å². The van der Waals surface area contributed by atoms with Crippen LogP contribution in [0.2, 0.25) is 0 Å². The molecule has 1 N–H and O–H groups in total. The molecule has 0 aromatic heterocycles. The Kier molecular flexibility index (Phi) is 7.31. The zero-order chi connectivity index (χ0) is 22.2. The summed E-state index contributed by atoms with van der Waals surface area (Å²) in [6, 6.07) is 20.1. The number of hydrogen-bond acceptors (Lipinski definition) is 5. The maximum Gasteiger partial charge on any atom is 0.274 e. The Morgan fingerprint density at radius 1 is 1.13 bits per heavy atom. The first kappa shape index (κ1) is 21.9. The zero-order valence-corrected chi connectivity index (χ0v) is 18.1. The molecule has 0 saturated carbocycles. The number of nitrogens with zero attached hydrogens (tertiary/aromatic N) is 3. The second-order valence-electron chi connectivity index (χ2n) is 6.25. The van der Waals surface area contributed by atoms with Gasteiger partial charge in [0.1, 0.15) is 18.2 Å². The molecule has 3 aromatic rings. The van der Waals surface area contributed by atoms with E-state index in [1.165, 1.54) is 18.3 Å². The molecule has 0 unspecified atom stereocenters. The summed E-state index contributed by atoms with van der Waals surface area (Å²) in [5, 5.41) is 21.8. The fourth-order valence-corrected chi connectivity index (χ4v) is 3.31. The molecule has 31 heavy (non-hydrogen) atoms. The number of rotatable bonds is 6. The summed E-state index contributed by atoms with van der Waals surface area (Å²) in [7, 11) is 0. The van der Waals surface area contributed by atoms with Crippen molar-refractivity contribution >= 4 is 34.7 Å². The van der Waals surface area contributed by atoms with Crippen molar-refractivity contribution < 1.29 is 13.9 Å². The van der Waals surface area contributed by atoms with E-state index < -0.39 is 11.7 Å². The van der Waals surface area contributed by atoms with Gasteiger partial charge in [0.25, 0.3) is 5.91 Å². The summed E-state index contributed by atoms with van der Waals surface area (Å²) >= 11 is 2.12. The van der Waals surface area contributed by atoms with Crippen LogP contribution in [0.1, 0.15) is 32.6 Å². The number of nitriles is 2. The van der Waals surface area contributed by atoms with Gasteiger partial charge in [-0.2, -0.15) is 15.6 Å². The standard InChI is InChI=1S/C23H14FIN4O2/c24-20-9-15(11-26)5-7-19(20)23(30)29-28-13-16-6-8-22(21(25)10-16)31-14-18-4-2-1-3-17(18)12-27/h1-10,13H,14H2,(H,29,30)/b28-13-. The van der Waals surface area contributed by atoms with Crippen LogP contribution in [0.3, 0.4) is 0 Å². The molecule has 0 aliphatic rings. The van der Waals surface area contributed by atoms with E-state index in [0.29, 0.717) is 16.9 Å². The first-order chi connectivity index (χ1) is 15.0. The molecule has 0 spiro atoms. The van der Waals surface area contributed by atoms with Gasteiger partial charge >= 0.3 is 0 Å². The lowest BCUT2D eigenvalue weighted by Crippen LogP contribution is -2.19. The van der Waals surface area contributed by atoms with Crippen LogP contribution in [0, 0.1) is 32.0 Å². The maximum atomic E-state index is 13.9. The predicted molar refractivity (Wildman–Crippen MR) is 121 cm³/mol. The molecule has 1 amide bonds. The molecule has 0 heterocycles. The maximum absolute atomic E-state index is 13.9. The van der Waals surface area contributed by atoms with Gasteiger partial charge in [0, 0.05) is 5.56 Å². The number of hydrazone groups is 1. The van der Waals surface area contributed by atoms with Crippen LogP contribution in [0.5, 0.6) is 5.75 Å². The Morgan fingerprint density at radius 3 is 2.65 bits per heavy atom. The number of halogens is 2. The average Bonchev–Trinajstić information content (AvgIpc) is 2.78. The molecule has 3 aromatic carbocycles. The smallest absolute Gasteiger partial charge is 0.274 e. The Bertz CT molecular complexity index is 1250. The van der Waals surface area contributed by atoms with Crippen LogP contribution < -0.4 is 10.2 Å². The summed E-state index contributed by atoms with van der Waals surface area (Å²) in [5.41, 5.74) is 4.26. The van der Waals surface area contributed by atoms with Crippen molar-refractivity contribution in [3.8, 4) is 17.9 Å². The van der Waals surface area contributed by atoms with Gasteiger partial charge in [-0.1, -0.05) is 18.2 Å². The fourth-order valence-electron chi connectivity index (χ4n) is 2.62. The number of hydrogen-bond donors (Lipinski definition) is 1. The third-order valence-electron chi connectivity index (χ3n) is 4.20. The van der Waals surface area contributed by atoms with Crippen molar-refractivity contribution in [1.29, 1.82) is 10.5 Å². The predicted octanol–water partition coefficient (Wildman–Crippen LogP) is 4.52. The molecule has 0 radical (unpaired) electrons. The first-order valence-electron chi connectivity index (χ1n) is 8.95. The topological polar surface area (TPSA) is 98.3 Å². The van der Waals surface area contributed by atoms with Crippen LogP contribution in [0.4, 0.5) is 4.39 Å². The monoisotopic (exact) mass is 524 g/mol. The summed E-state index contributed by atoms with van der Waals surface area (Å²) in [6.07, 6.45) is 1.43. The summed E-state index contributed by atoms with van der Waals surface area (Å²) < 4.78 is 20.5. The molecule has 8 heteroatoms. The molecule has 0 bridgehead atoms. The Labute approximate surface area is 191 Å². The van der Waals surface area contributed by atoms with E-state index in [2.05, 4.69) is 39.2 Å². The minimum absolute atomic E-state index is 0.130. The van der Waals surface area contributed by atoms with Crippen molar-refractivity contribution in [2.45, 2.75) is 6.61 Å². The lowest BCUT2D eigenvalue weighted by molar-refractivity contribution is 0.0951. The van der Waals surface area contributed by atoms with Gasteiger partial charge in [-0.05, 0) is 70.6 Å². The highest BCUT2D eigenvalue weighted by atomic mass is 127. The largest absolute Gasteiger partial charge is 0.488 e. The SMILES string of the molecule is N#Cc1ccc(C(=O)N/N=C\c2ccc(OCc3ccccc3C#N)c(I)c2)c(F)c1. The van der Waals surface area contributed by atoms with Crippen molar-refractivity contribution in [2.24, 2.45) is 5.10 Å². The van der Waals surface area contributed by atoms with Crippen LogP contribution >= 0.6 is 22.6 Å². The molecule has 0 atom stereocenters. The van der Waals surface area contributed by atoms with Crippen LogP contribution in [-0.4, -0.2) is 12.1 Å². The van der Waals surface area contributed by atoms with Crippen molar-refractivity contribution in [2.75, 3.05) is 0 Å². The van der Waals surface area contributed by atoms with E-state index in [-0.39, 0.29) is 17.7 Å². The third-order valence-corrected chi connectivity index (χ3v) is 5.04. The Hall–Kier alpha value is -3.76. The van der Waals surface area contributed by atoms with E-state index >= 15 is 0 Å². The van der Waals surface area contributed by atoms with Gasteiger partial charge in [-0.3, -0.25) is 4.79 Å². The van der Waals surface area contributed by atoms with Gasteiger partial charge in [0.15, 0.2) is 0 Å². The molecule has 0 aliphatic carbocycles. The normalized spacial score (nSPS) is 10.3. The van der Waals surface area contributed by atoms with E-state index in [1.54, 1.807) is 30.3 Å². The zero-order valence-electron chi connectivity index (χ0n) is 16.0. The highest BCUT2D eigenvalue weighted by molar-refractivity contribution is 14.1. The van der Waals surface area contributed by atoms with Gasteiger partial charge in [-0.15, -0.1) is 0 Å². The fraction of sp³-hybridized carbons (Fsp3) is 0.0435. The summed E-state index contributed by atoms with van der Waals surface area (Å²) in [5.74, 6) is -0.862. The quantitative estimate of drug-likeness (QED) is 0.292. The molecular formula is C23H14FIN4O2. The lowest BCUT2D eigenvalue weighted by atomic mass is 10.1. The van der Waals surface area contributed by atoms with Gasteiger partial charge in [-0.25, -0.2) is 9.82 Å². The minimum atomic E-state index is -0.791. The van der Waals surface area contributed by atoms with Crippen LogP contribution in [0.15, 0.2) is 65.8 Å². The van der Waals surface area contributed by atoms with Crippen molar-refractivity contribution in [1.82, 2.24) is 5.43 Å². The number of ether oxygens (including phenoxy) is 1. The van der Waals surface area contributed by atoms with Gasteiger partial charge in [0.05, 0.1) is 38.6 Å². The van der Waals surface area contributed by atoms with Crippen molar-refractivity contribution in [3.63, 3.8) is 0 Å². The number of carbonyl (C=O) groups is 1. The van der Waals surface area contributed by atoms with Crippen molar-refractivity contribution in [3.05, 3.63) is 97.9 Å². The first-order valence-corrected chi connectivity index (χ1v) is 10.0. The van der Waals surface area contributed by atoms with Crippen LogP contribution in [0.25, 0.3) is 0 Å². The minimum Gasteiger partial charge on any atom is -0.488 e. The summed E-state index contributed by atoms with van der Waals surface area (Å²) in [6.45, 7) is 0.263. The molecule has 6 nitrogen and oxygen atoms in total. The number of carbonyl (C=O) groups excluding carboxylic acids is 1. The highest BCUT2D eigenvalue weighted by Gasteiger charge is 2.11. The van der Waals surface area contributed by atoms with Crippen LogP contribution in [-0.2, 0) is 6.61 Å². The average molecular weight is 524 g/mol. The van der Waals surface area contributed by atoms with Gasteiger partial charge in [0.2, 0.25) is 0 Å². The van der Waals surface area contributed by atoms with E-state index in [9.17, 15) is 9.18 Å². The Balaban J connectivity index is 1.62. The Morgan fingerprint density at radius 2 is 1.94 bits per heavy atom. The van der Waals surface area contributed by atoms with E-state index in [4.69, 9.17) is 15.3 Å². The van der Waals surface area contributed by atoms with E-state index in [1.807, 2.05) is 18.2 Å². The summed E-state index contributed by atoms with van der Waals surface area (Å²) in [4.78, 5) is 12.1. The molecule has 0 fully saturated rings. The second kappa shape index (κ2) is 10.3. The van der Waals surface area contributed by atoms with Gasteiger partial charge < -0.3 is 4.74 Å². The third kappa shape index (κ3) is 5.65. The molecule has 152 valence electrons. The highest BCUT2D eigenvalue weighted by Crippen LogP contribution is 2.23. The molecular weight excluding hydrogens is 510 g/mol. The number of nitrogens with one attached hydrogen (secondary N) is 1. The second-order valence-corrected chi connectivity index (χ2v) is 7.42. The molecule has 0 aliphatic heterocycles.